The lowest BCUT2D eigenvalue weighted by Gasteiger charge is -2.24. The Morgan fingerprint density at radius 1 is 1.03 bits per heavy atom. The minimum absolute atomic E-state index is 0.0612. The van der Waals surface area contributed by atoms with Gasteiger partial charge in [-0.1, -0.05) is 43.5 Å². The smallest absolute Gasteiger partial charge is 0.228 e. The predicted octanol–water partition coefficient (Wildman–Crippen LogP) is 5.35. The van der Waals surface area contributed by atoms with Crippen molar-refractivity contribution in [2.24, 2.45) is 5.92 Å². The van der Waals surface area contributed by atoms with E-state index >= 15 is 0 Å². The lowest BCUT2D eigenvalue weighted by molar-refractivity contribution is -0.120. The number of amides is 1. The fourth-order valence-electron chi connectivity index (χ4n) is 4.48. The summed E-state index contributed by atoms with van der Waals surface area (Å²) in [5.74, 6) is 0.830. The van der Waals surface area contributed by atoms with Crippen LogP contribution in [0, 0.1) is 26.7 Å². The number of carbonyl (C=O) groups excluding carboxylic acids is 1. The molecule has 1 saturated carbocycles. The van der Waals surface area contributed by atoms with E-state index in [0.29, 0.717) is 28.4 Å². The molecule has 6 nitrogen and oxygen atoms in total. The molecule has 0 radical (unpaired) electrons. The van der Waals surface area contributed by atoms with Crippen molar-refractivity contribution < 1.29 is 9.53 Å². The van der Waals surface area contributed by atoms with Gasteiger partial charge in [0.2, 0.25) is 11.3 Å². The molecule has 3 aromatic rings. The zero-order valence-electron chi connectivity index (χ0n) is 19.8. The first-order valence-electron chi connectivity index (χ1n) is 11.6. The monoisotopic (exact) mass is 445 g/mol. The van der Waals surface area contributed by atoms with Gasteiger partial charge in [0.15, 0.2) is 0 Å². The van der Waals surface area contributed by atoms with E-state index in [1.165, 1.54) is 0 Å². The highest BCUT2D eigenvalue weighted by Gasteiger charge is 2.26. The largest absolute Gasteiger partial charge is 0.496 e. The van der Waals surface area contributed by atoms with Gasteiger partial charge in [0.25, 0.3) is 0 Å². The van der Waals surface area contributed by atoms with Gasteiger partial charge in [-0.05, 0) is 62.9 Å². The number of hydrogen-bond acceptors (Lipinski definition) is 4. The summed E-state index contributed by atoms with van der Waals surface area (Å²) in [5, 5.41) is 7.71. The van der Waals surface area contributed by atoms with Crippen molar-refractivity contribution in [1.29, 1.82) is 0 Å². The van der Waals surface area contributed by atoms with Crippen molar-refractivity contribution in [3.8, 4) is 22.6 Å². The number of anilines is 1. The van der Waals surface area contributed by atoms with Crippen molar-refractivity contribution in [2.75, 3.05) is 12.4 Å². The average Bonchev–Trinajstić information content (AvgIpc) is 2.84. The van der Waals surface area contributed by atoms with Crippen LogP contribution >= 0.6 is 0 Å². The molecule has 172 valence electrons. The number of nitrogens with one attached hydrogen (secondary N) is 1. The molecule has 6 heteroatoms. The average molecular weight is 446 g/mol. The van der Waals surface area contributed by atoms with E-state index in [4.69, 9.17) is 4.74 Å². The number of nitrogens with zero attached hydrogens (tertiary/aromatic N) is 2. The number of carbonyl (C=O) groups is 1. The van der Waals surface area contributed by atoms with Crippen LogP contribution in [0.4, 0.5) is 5.82 Å². The number of hydrogen-bond donors (Lipinski definition) is 1. The Hall–Kier alpha value is -3.41. The van der Waals surface area contributed by atoms with Gasteiger partial charge in [0.05, 0.1) is 18.4 Å². The number of methoxy groups -OCH3 is 1. The summed E-state index contributed by atoms with van der Waals surface area (Å²) >= 11 is 0. The SMILES string of the molecule is COc1ccccc1-c1c(NC(=O)C2CCCCC2)n(-c2ccc(C)c(C)c2)nc(C)c1=O. The maximum Gasteiger partial charge on any atom is 0.228 e. The fraction of sp³-hybridized carbons (Fsp3) is 0.370. The summed E-state index contributed by atoms with van der Waals surface area (Å²) < 4.78 is 7.26. The summed E-state index contributed by atoms with van der Waals surface area (Å²) in [6.45, 7) is 5.79. The van der Waals surface area contributed by atoms with Crippen molar-refractivity contribution in [3.63, 3.8) is 0 Å². The Kier molecular flexibility index (Phi) is 6.63. The molecule has 0 saturated heterocycles. The fourth-order valence-corrected chi connectivity index (χ4v) is 4.48. The first-order valence-corrected chi connectivity index (χ1v) is 11.6. The van der Waals surface area contributed by atoms with Gasteiger partial charge in [-0.3, -0.25) is 9.59 Å². The molecule has 0 spiro atoms. The van der Waals surface area contributed by atoms with Crippen LogP contribution in [0.1, 0.15) is 48.9 Å². The Morgan fingerprint density at radius 3 is 2.45 bits per heavy atom. The van der Waals surface area contributed by atoms with Crippen LogP contribution in [-0.2, 0) is 4.79 Å². The third kappa shape index (κ3) is 4.56. The predicted molar refractivity (Wildman–Crippen MR) is 131 cm³/mol. The van der Waals surface area contributed by atoms with Gasteiger partial charge in [0, 0.05) is 11.5 Å². The van der Waals surface area contributed by atoms with Crippen molar-refractivity contribution >= 4 is 11.7 Å². The minimum atomic E-state index is -0.224. The molecule has 1 N–H and O–H groups in total. The quantitative estimate of drug-likeness (QED) is 0.574. The second kappa shape index (κ2) is 9.61. The molecule has 2 aromatic carbocycles. The normalized spacial score (nSPS) is 14.2. The van der Waals surface area contributed by atoms with E-state index in [1.54, 1.807) is 18.7 Å². The summed E-state index contributed by atoms with van der Waals surface area (Å²) in [6.07, 6.45) is 4.99. The molecule has 0 bridgehead atoms. The Balaban J connectivity index is 1.96. The number of para-hydroxylation sites is 1. The number of aromatic nitrogens is 2. The zero-order chi connectivity index (χ0) is 23.5. The topological polar surface area (TPSA) is 73.2 Å². The molecule has 1 aliphatic rings. The van der Waals surface area contributed by atoms with E-state index in [2.05, 4.69) is 17.3 Å². The molecular weight excluding hydrogens is 414 g/mol. The zero-order valence-corrected chi connectivity index (χ0v) is 19.8. The van der Waals surface area contributed by atoms with Crippen LogP contribution in [-0.4, -0.2) is 22.8 Å². The summed E-state index contributed by atoms with van der Waals surface area (Å²) in [6, 6.07) is 13.4. The highest BCUT2D eigenvalue weighted by Crippen LogP contribution is 2.35. The maximum atomic E-state index is 13.4. The molecule has 33 heavy (non-hydrogen) atoms. The van der Waals surface area contributed by atoms with Gasteiger partial charge >= 0.3 is 0 Å². The first-order chi connectivity index (χ1) is 15.9. The molecule has 1 fully saturated rings. The van der Waals surface area contributed by atoms with E-state index in [0.717, 1.165) is 48.9 Å². The molecule has 1 aromatic heterocycles. The molecule has 0 aliphatic heterocycles. The third-order valence-electron chi connectivity index (χ3n) is 6.58. The molecular formula is C27H31N3O3. The highest BCUT2D eigenvalue weighted by molar-refractivity contribution is 5.96. The number of rotatable bonds is 5. The van der Waals surface area contributed by atoms with Gasteiger partial charge in [0.1, 0.15) is 17.3 Å². The van der Waals surface area contributed by atoms with Gasteiger partial charge in [-0.2, -0.15) is 5.10 Å². The van der Waals surface area contributed by atoms with Crippen LogP contribution in [0.25, 0.3) is 16.8 Å². The maximum absolute atomic E-state index is 13.4. The van der Waals surface area contributed by atoms with Crippen LogP contribution in [0.3, 0.4) is 0 Å². The van der Waals surface area contributed by atoms with Crippen molar-refractivity contribution in [2.45, 2.75) is 52.9 Å². The van der Waals surface area contributed by atoms with Gasteiger partial charge in [-0.15, -0.1) is 0 Å². The van der Waals surface area contributed by atoms with Crippen molar-refractivity contribution in [1.82, 2.24) is 9.78 Å². The van der Waals surface area contributed by atoms with Crippen LogP contribution in [0.5, 0.6) is 5.75 Å². The number of aryl methyl sites for hydroxylation is 3. The second-order valence-electron chi connectivity index (χ2n) is 8.84. The van der Waals surface area contributed by atoms with E-state index < -0.39 is 0 Å². The van der Waals surface area contributed by atoms with Crippen LogP contribution < -0.4 is 15.5 Å². The van der Waals surface area contributed by atoms with E-state index in [9.17, 15) is 9.59 Å². The van der Waals surface area contributed by atoms with E-state index in [-0.39, 0.29) is 17.3 Å². The molecule has 1 heterocycles. The van der Waals surface area contributed by atoms with Crippen LogP contribution in [0.15, 0.2) is 47.3 Å². The first kappa shape index (κ1) is 22.8. The Bertz CT molecular complexity index is 1240. The highest BCUT2D eigenvalue weighted by atomic mass is 16.5. The van der Waals surface area contributed by atoms with Gasteiger partial charge in [-0.25, -0.2) is 4.68 Å². The van der Waals surface area contributed by atoms with Crippen molar-refractivity contribution in [3.05, 3.63) is 69.5 Å². The summed E-state index contributed by atoms with van der Waals surface area (Å²) in [7, 11) is 1.58. The third-order valence-corrected chi connectivity index (χ3v) is 6.58. The standard InChI is InChI=1S/C27H31N3O3/c1-17-14-15-21(16-18(17)2)30-26(28-27(32)20-10-6-5-7-11-20)24(25(31)19(3)29-30)22-12-8-9-13-23(22)33-4/h8-9,12-16,20H,5-7,10-11H2,1-4H3,(H,28,32). The molecule has 0 unspecified atom stereocenters. The lowest BCUT2D eigenvalue weighted by Crippen LogP contribution is -2.29. The Morgan fingerprint density at radius 2 is 1.76 bits per heavy atom. The summed E-state index contributed by atoms with van der Waals surface area (Å²) in [4.78, 5) is 26.8. The van der Waals surface area contributed by atoms with E-state index in [1.807, 2.05) is 49.4 Å². The molecule has 1 aliphatic carbocycles. The molecule has 1 amide bonds. The molecule has 0 atom stereocenters. The minimum Gasteiger partial charge on any atom is -0.496 e. The second-order valence-corrected chi connectivity index (χ2v) is 8.84. The Labute approximate surface area is 194 Å². The van der Waals surface area contributed by atoms with Gasteiger partial charge < -0.3 is 10.1 Å². The lowest BCUT2D eigenvalue weighted by atomic mass is 9.88. The molecule has 4 rings (SSSR count). The summed E-state index contributed by atoms with van der Waals surface area (Å²) in [5.41, 5.74) is 4.21. The number of benzene rings is 2. The number of ether oxygens (including phenoxy) is 1. The van der Waals surface area contributed by atoms with Crippen LogP contribution in [0.2, 0.25) is 0 Å².